The van der Waals surface area contributed by atoms with Crippen molar-refractivity contribution in [2.24, 2.45) is 5.92 Å². The van der Waals surface area contributed by atoms with E-state index in [0.717, 1.165) is 44.6 Å². The molecule has 0 spiro atoms. The van der Waals surface area contributed by atoms with Crippen molar-refractivity contribution >= 4 is 33.3 Å². The first-order valence-electron chi connectivity index (χ1n) is 11.2. The number of benzene rings is 2. The maximum absolute atomic E-state index is 11.6. The number of rotatable bonds is 9. The maximum atomic E-state index is 11.6. The quantitative estimate of drug-likeness (QED) is 0.225. The normalized spacial score (nSPS) is 12.1. The molecule has 1 unspecified atom stereocenters. The van der Waals surface area contributed by atoms with E-state index in [1.165, 1.54) is 6.39 Å². The van der Waals surface area contributed by atoms with E-state index in [1.54, 1.807) is 17.5 Å². The van der Waals surface area contributed by atoms with Gasteiger partial charge in [-0.25, -0.2) is 9.97 Å². The zero-order valence-corrected chi connectivity index (χ0v) is 19.4. The van der Waals surface area contributed by atoms with Gasteiger partial charge < -0.3 is 19.8 Å². The fraction of sp³-hybridized carbons (Fsp3) is 0.192. The highest BCUT2D eigenvalue weighted by molar-refractivity contribution is 7.19. The summed E-state index contributed by atoms with van der Waals surface area (Å²) in [5.41, 5.74) is 4.90. The summed E-state index contributed by atoms with van der Waals surface area (Å²) in [6.45, 7) is 2.34. The number of thiazole rings is 1. The Kier molecular flexibility index (Phi) is 6.14. The molecule has 34 heavy (non-hydrogen) atoms. The molecule has 3 heterocycles. The Hall–Kier alpha value is -3.91. The largest absolute Gasteiger partial charge is 0.481 e. The van der Waals surface area contributed by atoms with Gasteiger partial charge >= 0.3 is 5.97 Å². The molecule has 8 heteroatoms. The van der Waals surface area contributed by atoms with E-state index < -0.39 is 11.9 Å². The van der Waals surface area contributed by atoms with Crippen molar-refractivity contribution in [3.05, 3.63) is 67.3 Å². The standard InChI is InChI=1S/C26H24N4O3S/c1-2-4-18(25(31)32)13-29-26-30-23(17-9-7-16(8-10-17)22-14-27-15-33-22)24(34-26)20-5-3-6-21-19(20)11-12-28-21/h3,5-12,14-15,18,28H,2,4,13H2,1H3,(H,29,30)(H,31,32). The highest BCUT2D eigenvalue weighted by Crippen LogP contribution is 2.42. The van der Waals surface area contributed by atoms with Crippen molar-refractivity contribution < 1.29 is 14.3 Å². The topological polar surface area (TPSA) is 104 Å². The van der Waals surface area contributed by atoms with Gasteiger partial charge in [0.2, 0.25) is 0 Å². The van der Waals surface area contributed by atoms with Crippen LogP contribution in [0, 0.1) is 5.92 Å². The average molecular weight is 473 g/mol. The summed E-state index contributed by atoms with van der Waals surface area (Å²) in [7, 11) is 0. The number of aromatic amines is 1. The third-order valence-corrected chi connectivity index (χ3v) is 6.87. The number of carboxylic acid groups (broad SMARTS) is 1. The Morgan fingerprint density at radius 2 is 2.00 bits per heavy atom. The zero-order chi connectivity index (χ0) is 23.5. The second kappa shape index (κ2) is 9.52. The Labute approximate surface area is 200 Å². The molecule has 3 N–H and O–H groups in total. The summed E-state index contributed by atoms with van der Waals surface area (Å²) in [4.78, 5) is 24.8. The van der Waals surface area contributed by atoms with Gasteiger partial charge in [-0.05, 0) is 18.6 Å². The lowest BCUT2D eigenvalue weighted by Crippen LogP contribution is -2.22. The van der Waals surface area contributed by atoms with E-state index in [2.05, 4.69) is 27.4 Å². The molecule has 0 fully saturated rings. The van der Waals surface area contributed by atoms with E-state index >= 15 is 0 Å². The molecule has 3 aromatic heterocycles. The second-order valence-corrected chi connectivity index (χ2v) is 9.09. The Morgan fingerprint density at radius 1 is 1.18 bits per heavy atom. The first kappa shape index (κ1) is 21.9. The van der Waals surface area contributed by atoms with Gasteiger partial charge in [0.05, 0.1) is 22.7 Å². The van der Waals surface area contributed by atoms with E-state index in [-0.39, 0.29) is 0 Å². The molecule has 0 aliphatic rings. The Morgan fingerprint density at radius 3 is 2.74 bits per heavy atom. The van der Waals surface area contributed by atoms with Crippen molar-refractivity contribution in [1.29, 1.82) is 0 Å². The minimum atomic E-state index is -0.786. The molecule has 172 valence electrons. The fourth-order valence-corrected chi connectivity index (χ4v) is 5.11. The smallest absolute Gasteiger partial charge is 0.308 e. The first-order chi connectivity index (χ1) is 16.6. The van der Waals surface area contributed by atoms with Crippen molar-refractivity contribution in [2.45, 2.75) is 19.8 Å². The summed E-state index contributed by atoms with van der Waals surface area (Å²) in [5.74, 6) is -0.526. The van der Waals surface area contributed by atoms with Crippen molar-refractivity contribution in [1.82, 2.24) is 15.0 Å². The summed E-state index contributed by atoms with van der Waals surface area (Å²) >= 11 is 1.54. The van der Waals surface area contributed by atoms with Crippen LogP contribution in [0.25, 0.3) is 43.9 Å². The molecule has 7 nitrogen and oxygen atoms in total. The predicted octanol–water partition coefficient (Wildman–Crippen LogP) is 6.53. The van der Waals surface area contributed by atoms with E-state index in [9.17, 15) is 9.90 Å². The highest BCUT2D eigenvalue weighted by atomic mass is 32.1. The lowest BCUT2D eigenvalue weighted by molar-refractivity contribution is -0.141. The summed E-state index contributed by atoms with van der Waals surface area (Å²) in [5, 5.41) is 14.6. The van der Waals surface area contributed by atoms with Crippen LogP contribution in [0.15, 0.2) is 71.7 Å². The monoisotopic (exact) mass is 472 g/mol. The van der Waals surface area contributed by atoms with Crippen LogP contribution in [-0.4, -0.2) is 32.6 Å². The number of aromatic nitrogens is 3. The number of carbonyl (C=O) groups is 1. The van der Waals surface area contributed by atoms with Crippen LogP contribution >= 0.6 is 11.3 Å². The fourth-order valence-electron chi connectivity index (χ4n) is 4.08. The Balaban J connectivity index is 1.54. The van der Waals surface area contributed by atoms with E-state index in [1.807, 2.05) is 49.5 Å². The number of hydrogen-bond donors (Lipinski definition) is 3. The molecule has 1 atom stereocenters. The van der Waals surface area contributed by atoms with Crippen LogP contribution in [0.2, 0.25) is 0 Å². The first-order valence-corrected chi connectivity index (χ1v) is 12.0. The number of nitrogens with one attached hydrogen (secondary N) is 2. The molecule has 0 bridgehead atoms. The van der Waals surface area contributed by atoms with Gasteiger partial charge in [-0.2, -0.15) is 0 Å². The minimum absolute atomic E-state index is 0.342. The molecule has 0 radical (unpaired) electrons. The molecule has 5 aromatic rings. The number of nitrogens with zero attached hydrogens (tertiary/aromatic N) is 2. The molecule has 2 aromatic carbocycles. The molecule has 0 saturated carbocycles. The molecule has 5 rings (SSSR count). The van der Waals surface area contributed by atoms with Crippen molar-refractivity contribution in [2.75, 3.05) is 11.9 Å². The number of anilines is 1. The van der Waals surface area contributed by atoms with Gasteiger partial charge in [-0.3, -0.25) is 4.79 Å². The van der Waals surface area contributed by atoms with Crippen LogP contribution in [0.1, 0.15) is 19.8 Å². The second-order valence-electron chi connectivity index (χ2n) is 8.09. The molecule has 0 saturated heterocycles. The van der Waals surface area contributed by atoms with Crippen LogP contribution in [0.4, 0.5) is 5.13 Å². The summed E-state index contributed by atoms with van der Waals surface area (Å²) in [6, 6.07) is 16.3. The Bertz CT molecular complexity index is 1400. The molecule has 0 aliphatic carbocycles. The third kappa shape index (κ3) is 4.32. The minimum Gasteiger partial charge on any atom is -0.481 e. The summed E-state index contributed by atoms with van der Waals surface area (Å²) < 4.78 is 5.41. The van der Waals surface area contributed by atoms with Crippen LogP contribution < -0.4 is 5.32 Å². The van der Waals surface area contributed by atoms with Crippen LogP contribution in [0.3, 0.4) is 0 Å². The number of carboxylic acids is 1. The van der Waals surface area contributed by atoms with Crippen LogP contribution in [0.5, 0.6) is 0 Å². The number of oxazole rings is 1. The van der Waals surface area contributed by atoms with Gasteiger partial charge in [-0.1, -0.05) is 61.1 Å². The lowest BCUT2D eigenvalue weighted by atomic mass is 10.0. The van der Waals surface area contributed by atoms with Crippen molar-refractivity contribution in [3.63, 3.8) is 0 Å². The summed E-state index contributed by atoms with van der Waals surface area (Å²) in [6.07, 6.45) is 6.48. The van der Waals surface area contributed by atoms with Gasteiger partial charge in [0.1, 0.15) is 0 Å². The molecule has 0 aliphatic heterocycles. The SMILES string of the molecule is CCCC(CNc1nc(-c2ccc(-c3cnco3)cc2)c(-c2cccc3[nH]ccc23)s1)C(=O)O. The molecular formula is C26H24N4O3S. The number of H-pyrrole nitrogens is 1. The number of aliphatic carboxylic acids is 1. The van der Waals surface area contributed by atoms with E-state index in [0.29, 0.717) is 23.9 Å². The maximum Gasteiger partial charge on any atom is 0.308 e. The van der Waals surface area contributed by atoms with Gasteiger partial charge in [0.25, 0.3) is 0 Å². The lowest BCUT2D eigenvalue weighted by Gasteiger charge is -2.11. The third-order valence-electron chi connectivity index (χ3n) is 5.83. The molecular weight excluding hydrogens is 448 g/mol. The highest BCUT2D eigenvalue weighted by Gasteiger charge is 2.20. The number of hydrogen-bond acceptors (Lipinski definition) is 6. The predicted molar refractivity (Wildman–Crippen MR) is 135 cm³/mol. The zero-order valence-electron chi connectivity index (χ0n) is 18.6. The van der Waals surface area contributed by atoms with Gasteiger partial charge in [-0.15, -0.1) is 0 Å². The average Bonchev–Trinajstić information content (AvgIpc) is 3.62. The van der Waals surface area contributed by atoms with Crippen LogP contribution in [-0.2, 0) is 4.79 Å². The molecule has 0 amide bonds. The van der Waals surface area contributed by atoms with Gasteiger partial charge in [0.15, 0.2) is 17.3 Å². The van der Waals surface area contributed by atoms with Crippen molar-refractivity contribution in [3.8, 4) is 33.0 Å². The number of fused-ring (bicyclic) bond motifs is 1. The van der Waals surface area contributed by atoms with Gasteiger partial charge in [0, 0.05) is 40.3 Å². The van der Waals surface area contributed by atoms with E-state index in [4.69, 9.17) is 9.40 Å².